The van der Waals surface area contributed by atoms with E-state index in [4.69, 9.17) is 0 Å². The first-order chi connectivity index (χ1) is 16.3. The van der Waals surface area contributed by atoms with Crippen LogP contribution in [0.15, 0.2) is 83.9 Å². The van der Waals surface area contributed by atoms with E-state index in [1.165, 1.54) is 31.2 Å². The maximum atomic E-state index is 12.5. The van der Waals surface area contributed by atoms with Crippen molar-refractivity contribution < 1.29 is 18.0 Å². The Kier molecular flexibility index (Phi) is 6.90. The highest BCUT2D eigenvalue weighted by atomic mass is 32.2. The van der Waals surface area contributed by atoms with E-state index in [0.29, 0.717) is 24.1 Å². The van der Waals surface area contributed by atoms with Crippen molar-refractivity contribution in [3.63, 3.8) is 0 Å². The SMILES string of the molecule is CC(=O)c1ccc(S(=O)(=O)NCc2ccc(C(=O)NCCc3c[nH]c4ccccc34)cc2)cc1. The van der Waals surface area contributed by atoms with E-state index in [1.54, 1.807) is 24.3 Å². The molecule has 0 saturated carbocycles. The zero-order valence-corrected chi connectivity index (χ0v) is 19.5. The summed E-state index contributed by atoms with van der Waals surface area (Å²) in [5.41, 5.74) is 3.90. The Balaban J connectivity index is 1.30. The maximum Gasteiger partial charge on any atom is 0.251 e. The van der Waals surface area contributed by atoms with Crippen molar-refractivity contribution in [2.45, 2.75) is 24.8 Å². The fourth-order valence-electron chi connectivity index (χ4n) is 3.66. The molecule has 174 valence electrons. The van der Waals surface area contributed by atoms with Crippen molar-refractivity contribution >= 4 is 32.6 Å². The lowest BCUT2D eigenvalue weighted by molar-refractivity contribution is 0.0953. The second-order valence-electron chi connectivity index (χ2n) is 7.97. The van der Waals surface area contributed by atoms with Crippen molar-refractivity contribution in [2.24, 2.45) is 0 Å². The number of nitrogens with one attached hydrogen (secondary N) is 3. The van der Waals surface area contributed by atoms with Crippen molar-refractivity contribution in [1.29, 1.82) is 0 Å². The maximum absolute atomic E-state index is 12.5. The van der Waals surface area contributed by atoms with Gasteiger partial charge in [-0.15, -0.1) is 0 Å². The molecule has 0 saturated heterocycles. The Bertz CT molecular complexity index is 1420. The minimum atomic E-state index is -3.72. The third-order valence-corrected chi connectivity index (χ3v) is 7.03. The number of ketones is 1. The normalized spacial score (nSPS) is 11.4. The van der Waals surface area contributed by atoms with Crippen LogP contribution in [0.1, 0.15) is 38.8 Å². The van der Waals surface area contributed by atoms with Crippen LogP contribution in [0.2, 0.25) is 0 Å². The van der Waals surface area contributed by atoms with Gasteiger partial charge in [-0.2, -0.15) is 0 Å². The van der Waals surface area contributed by atoms with Gasteiger partial charge in [-0.25, -0.2) is 13.1 Å². The summed E-state index contributed by atoms with van der Waals surface area (Å²) in [6.45, 7) is 2.01. The highest BCUT2D eigenvalue weighted by molar-refractivity contribution is 7.89. The van der Waals surface area contributed by atoms with Crippen LogP contribution in [0, 0.1) is 0 Å². The fraction of sp³-hybridized carbons (Fsp3) is 0.154. The molecule has 1 heterocycles. The second-order valence-corrected chi connectivity index (χ2v) is 9.73. The number of benzene rings is 3. The van der Waals surface area contributed by atoms with Gasteiger partial charge < -0.3 is 10.3 Å². The number of hydrogen-bond acceptors (Lipinski definition) is 4. The number of hydrogen-bond donors (Lipinski definition) is 3. The van der Waals surface area contributed by atoms with Crippen LogP contribution in [0.5, 0.6) is 0 Å². The highest BCUT2D eigenvalue weighted by Crippen LogP contribution is 2.18. The number of aromatic nitrogens is 1. The number of carbonyl (C=O) groups is 2. The predicted octanol–water partition coefficient (Wildman–Crippen LogP) is 3.82. The molecule has 0 radical (unpaired) electrons. The third-order valence-electron chi connectivity index (χ3n) is 5.61. The Hall–Kier alpha value is -3.75. The number of H-pyrrole nitrogens is 1. The molecule has 0 bridgehead atoms. The zero-order valence-electron chi connectivity index (χ0n) is 18.7. The standard InChI is InChI=1S/C26H25N3O4S/c1-18(30)20-10-12-23(13-11-20)34(32,33)29-16-19-6-8-21(9-7-19)26(31)27-15-14-22-17-28-25-5-3-2-4-24(22)25/h2-13,17,28-29H,14-16H2,1H3,(H,27,31). The average Bonchev–Trinajstić information content (AvgIpc) is 3.26. The summed E-state index contributed by atoms with van der Waals surface area (Å²) >= 11 is 0. The Morgan fingerprint density at radius 1 is 0.882 bits per heavy atom. The molecule has 8 heteroatoms. The van der Waals surface area contributed by atoms with Crippen LogP contribution in [0.25, 0.3) is 10.9 Å². The van der Waals surface area contributed by atoms with Gasteiger partial charge in [-0.3, -0.25) is 9.59 Å². The van der Waals surface area contributed by atoms with E-state index < -0.39 is 10.0 Å². The summed E-state index contributed by atoms with van der Waals surface area (Å²) < 4.78 is 27.5. The van der Waals surface area contributed by atoms with E-state index in [9.17, 15) is 18.0 Å². The molecule has 0 unspecified atom stereocenters. The molecule has 0 aliphatic heterocycles. The van der Waals surface area contributed by atoms with Gasteiger partial charge >= 0.3 is 0 Å². The molecule has 3 aromatic carbocycles. The van der Waals surface area contributed by atoms with Gasteiger partial charge in [0, 0.05) is 41.3 Å². The molecule has 4 aromatic rings. The van der Waals surface area contributed by atoms with E-state index in [0.717, 1.165) is 22.0 Å². The number of carbonyl (C=O) groups excluding carboxylic acids is 2. The molecule has 0 aliphatic carbocycles. The molecular weight excluding hydrogens is 450 g/mol. The summed E-state index contributed by atoms with van der Waals surface area (Å²) in [7, 11) is -3.72. The minimum absolute atomic E-state index is 0.0826. The van der Waals surface area contributed by atoms with Crippen molar-refractivity contribution in [1.82, 2.24) is 15.0 Å². The largest absolute Gasteiger partial charge is 0.361 e. The smallest absolute Gasteiger partial charge is 0.251 e. The van der Waals surface area contributed by atoms with Gasteiger partial charge in [0.2, 0.25) is 10.0 Å². The monoisotopic (exact) mass is 475 g/mol. The summed E-state index contributed by atoms with van der Waals surface area (Å²) in [6.07, 6.45) is 2.67. The summed E-state index contributed by atoms with van der Waals surface area (Å²) in [4.78, 5) is 27.1. The summed E-state index contributed by atoms with van der Waals surface area (Å²) in [5.74, 6) is -0.309. The van der Waals surface area contributed by atoms with E-state index in [1.807, 2.05) is 24.4 Å². The first kappa shape index (κ1) is 23.4. The van der Waals surface area contributed by atoms with Crippen molar-refractivity contribution in [2.75, 3.05) is 6.54 Å². The molecule has 4 rings (SSSR count). The highest BCUT2D eigenvalue weighted by Gasteiger charge is 2.14. The van der Waals surface area contributed by atoms with Gasteiger partial charge in [0.15, 0.2) is 5.78 Å². The minimum Gasteiger partial charge on any atom is -0.361 e. The lowest BCUT2D eigenvalue weighted by Gasteiger charge is -2.09. The zero-order chi connectivity index (χ0) is 24.1. The molecule has 0 aliphatic rings. The number of fused-ring (bicyclic) bond motifs is 1. The lowest BCUT2D eigenvalue weighted by atomic mass is 10.1. The lowest BCUT2D eigenvalue weighted by Crippen LogP contribution is -2.26. The number of aromatic amines is 1. The molecule has 0 atom stereocenters. The van der Waals surface area contributed by atoms with Gasteiger partial charge in [-0.1, -0.05) is 42.5 Å². The first-order valence-corrected chi connectivity index (χ1v) is 12.3. The molecule has 0 fully saturated rings. The van der Waals surface area contributed by atoms with Crippen LogP contribution in [0.3, 0.4) is 0 Å². The second kappa shape index (κ2) is 10.0. The van der Waals surface area contributed by atoms with Gasteiger partial charge in [0.25, 0.3) is 5.91 Å². The number of sulfonamides is 1. The predicted molar refractivity (Wildman–Crippen MR) is 131 cm³/mol. The van der Waals surface area contributed by atoms with Gasteiger partial charge in [-0.05, 0) is 54.8 Å². The quantitative estimate of drug-likeness (QED) is 0.320. The van der Waals surface area contributed by atoms with Crippen LogP contribution < -0.4 is 10.0 Å². The molecule has 0 spiro atoms. The summed E-state index contributed by atoms with van der Waals surface area (Å²) in [5, 5.41) is 4.07. The topological polar surface area (TPSA) is 108 Å². The van der Waals surface area contributed by atoms with Crippen LogP contribution in [-0.4, -0.2) is 31.6 Å². The van der Waals surface area contributed by atoms with Crippen LogP contribution >= 0.6 is 0 Å². The number of para-hydroxylation sites is 1. The number of Topliss-reactive ketones (excluding diaryl/α,β-unsaturated/α-hetero) is 1. The van der Waals surface area contributed by atoms with E-state index >= 15 is 0 Å². The van der Waals surface area contributed by atoms with E-state index in [-0.39, 0.29) is 23.1 Å². The third kappa shape index (κ3) is 5.41. The van der Waals surface area contributed by atoms with Crippen molar-refractivity contribution in [3.8, 4) is 0 Å². The Morgan fingerprint density at radius 3 is 2.26 bits per heavy atom. The molecule has 34 heavy (non-hydrogen) atoms. The first-order valence-electron chi connectivity index (χ1n) is 10.9. The number of amides is 1. The molecule has 3 N–H and O–H groups in total. The van der Waals surface area contributed by atoms with Crippen molar-refractivity contribution in [3.05, 3.63) is 101 Å². The molecule has 1 aromatic heterocycles. The van der Waals surface area contributed by atoms with Crippen LogP contribution in [-0.2, 0) is 23.0 Å². The van der Waals surface area contributed by atoms with Gasteiger partial charge in [0.05, 0.1) is 4.90 Å². The molecule has 7 nitrogen and oxygen atoms in total. The molecular formula is C26H25N3O4S. The average molecular weight is 476 g/mol. The van der Waals surface area contributed by atoms with E-state index in [2.05, 4.69) is 21.1 Å². The Labute approximate surface area is 198 Å². The summed E-state index contributed by atoms with van der Waals surface area (Å²) in [6, 6.07) is 20.6. The number of rotatable bonds is 9. The molecule has 1 amide bonds. The fourth-order valence-corrected chi connectivity index (χ4v) is 4.67. The van der Waals surface area contributed by atoms with Gasteiger partial charge in [0.1, 0.15) is 0 Å². The van der Waals surface area contributed by atoms with Crippen LogP contribution in [0.4, 0.5) is 0 Å². The Morgan fingerprint density at radius 2 is 1.56 bits per heavy atom.